The summed E-state index contributed by atoms with van der Waals surface area (Å²) in [5.41, 5.74) is 0. The molecule has 0 bridgehead atoms. The molecule has 0 aliphatic carbocycles. The van der Waals surface area contributed by atoms with E-state index in [-0.39, 0.29) is 5.82 Å². The summed E-state index contributed by atoms with van der Waals surface area (Å²) in [6, 6.07) is 3.12. The van der Waals surface area contributed by atoms with Gasteiger partial charge in [-0.15, -0.1) is 0 Å². The zero-order chi connectivity index (χ0) is 11.1. The summed E-state index contributed by atoms with van der Waals surface area (Å²) in [4.78, 5) is 6.00. The molecule has 4 heteroatoms. The Labute approximate surface area is 90.3 Å². The first-order chi connectivity index (χ1) is 7.24. The van der Waals surface area contributed by atoms with Gasteiger partial charge in [-0.25, -0.2) is 9.37 Å². The third-order valence-electron chi connectivity index (χ3n) is 2.15. The van der Waals surface area contributed by atoms with Gasteiger partial charge in [-0.1, -0.05) is 6.92 Å². The predicted molar refractivity (Wildman–Crippen MR) is 60.6 cm³/mol. The molecule has 1 heterocycles. The summed E-state index contributed by atoms with van der Waals surface area (Å²) in [7, 11) is 1.95. The normalized spacial score (nSPS) is 10.3. The van der Waals surface area contributed by atoms with Gasteiger partial charge in [0, 0.05) is 20.1 Å². The molecule has 0 amide bonds. The van der Waals surface area contributed by atoms with E-state index in [0.717, 1.165) is 31.9 Å². The van der Waals surface area contributed by atoms with Crippen LogP contribution in [-0.4, -0.2) is 31.7 Å². The number of halogens is 1. The van der Waals surface area contributed by atoms with Crippen molar-refractivity contribution in [1.82, 2.24) is 10.3 Å². The Bertz CT molecular complexity index is 274. The van der Waals surface area contributed by atoms with E-state index in [1.165, 1.54) is 12.3 Å². The Morgan fingerprint density at radius 3 is 2.80 bits per heavy atom. The third kappa shape index (κ3) is 4.25. The van der Waals surface area contributed by atoms with Gasteiger partial charge in [-0.05, 0) is 25.1 Å². The maximum Gasteiger partial charge on any atom is 0.141 e. The lowest BCUT2D eigenvalue weighted by molar-refractivity contribution is 0.619. The lowest BCUT2D eigenvalue weighted by atomic mass is 10.4. The molecule has 1 N–H and O–H groups in total. The van der Waals surface area contributed by atoms with Gasteiger partial charge in [-0.3, -0.25) is 0 Å². The summed E-state index contributed by atoms with van der Waals surface area (Å²) in [5.74, 6) is 0.506. The number of hydrogen-bond donors (Lipinski definition) is 1. The minimum Gasteiger partial charge on any atom is -0.358 e. The SMILES string of the molecule is CCCNCCN(C)c1ccc(F)cn1. The highest BCUT2D eigenvalue weighted by molar-refractivity contribution is 5.36. The number of anilines is 1. The molecule has 0 aromatic carbocycles. The van der Waals surface area contributed by atoms with Crippen molar-refractivity contribution in [3.63, 3.8) is 0 Å². The van der Waals surface area contributed by atoms with Crippen LogP contribution in [0.1, 0.15) is 13.3 Å². The van der Waals surface area contributed by atoms with Gasteiger partial charge in [-0.2, -0.15) is 0 Å². The summed E-state index contributed by atoms with van der Waals surface area (Å²) in [6.07, 6.45) is 2.38. The fraction of sp³-hybridized carbons (Fsp3) is 0.545. The standard InChI is InChI=1S/C11H18FN3/c1-3-6-13-7-8-15(2)11-5-4-10(12)9-14-11/h4-5,9,13H,3,6-8H2,1-2H3. The second-order valence-corrected chi connectivity index (χ2v) is 3.51. The Kier molecular flexibility index (Phi) is 5.04. The summed E-state index contributed by atoms with van der Waals surface area (Å²) < 4.78 is 12.6. The second kappa shape index (κ2) is 6.35. The molecule has 0 atom stereocenters. The Morgan fingerprint density at radius 2 is 2.20 bits per heavy atom. The molecule has 0 aliphatic rings. The van der Waals surface area contributed by atoms with Crippen molar-refractivity contribution in [2.75, 3.05) is 31.6 Å². The summed E-state index contributed by atoms with van der Waals surface area (Å²) in [6.45, 7) is 4.96. The number of likely N-dealkylation sites (N-methyl/N-ethyl adjacent to an activating group) is 1. The van der Waals surface area contributed by atoms with Crippen molar-refractivity contribution in [2.45, 2.75) is 13.3 Å². The maximum absolute atomic E-state index is 12.6. The molecule has 0 saturated carbocycles. The van der Waals surface area contributed by atoms with Crippen molar-refractivity contribution in [2.24, 2.45) is 0 Å². The van der Waals surface area contributed by atoms with Crippen LogP contribution in [0.5, 0.6) is 0 Å². The number of hydrogen-bond acceptors (Lipinski definition) is 3. The van der Waals surface area contributed by atoms with Crippen LogP contribution in [0.2, 0.25) is 0 Å². The van der Waals surface area contributed by atoms with Crippen LogP contribution < -0.4 is 10.2 Å². The first-order valence-electron chi connectivity index (χ1n) is 5.27. The molecule has 1 aromatic heterocycles. The summed E-state index contributed by atoms with van der Waals surface area (Å²) in [5, 5.41) is 3.30. The van der Waals surface area contributed by atoms with Crippen LogP contribution in [0.3, 0.4) is 0 Å². The van der Waals surface area contributed by atoms with Crippen LogP contribution in [0.4, 0.5) is 10.2 Å². The number of nitrogens with one attached hydrogen (secondary N) is 1. The van der Waals surface area contributed by atoms with Crippen molar-refractivity contribution >= 4 is 5.82 Å². The van der Waals surface area contributed by atoms with Crippen molar-refractivity contribution in [3.8, 4) is 0 Å². The number of nitrogens with zero attached hydrogens (tertiary/aromatic N) is 2. The molecule has 1 aromatic rings. The van der Waals surface area contributed by atoms with Gasteiger partial charge in [0.2, 0.25) is 0 Å². The van der Waals surface area contributed by atoms with E-state index in [1.54, 1.807) is 6.07 Å². The van der Waals surface area contributed by atoms with Gasteiger partial charge in [0.25, 0.3) is 0 Å². The highest BCUT2D eigenvalue weighted by Gasteiger charge is 2.01. The number of rotatable bonds is 6. The smallest absolute Gasteiger partial charge is 0.141 e. The van der Waals surface area contributed by atoms with Crippen LogP contribution in [0.15, 0.2) is 18.3 Å². The molecule has 15 heavy (non-hydrogen) atoms. The molecule has 0 radical (unpaired) electrons. The minimum absolute atomic E-state index is 0.295. The molecule has 0 fully saturated rings. The largest absolute Gasteiger partial charge is 0.358 e. The molecule has 3 nitrogen and oxygen atoms in total. The molecular weight excluding hydrogens is 193 g/mol. The van der Waals surface area contributed by atoms with Crippen LogP contribution in [0, 0.1) is 5.82 Å². The summed E-state index contributed by atoms with van der Waals surface area (Å²) >= 11 is 0. The number of pyridine rings is 1. The van der Waals surface area contributed by atoms with Gasteiger partial charge >= 0.3 is 0 Å². The fourth-order valence-electron chi connectivity index (χ4n) is 1.26. The van der Waals surface area contributed by atoms with E-state index >= 15 is 0 Å². The quantitative estimate of drug-likeness (QED) is 0.725. The van der Waals surface area contributed by atoms with Crippen LogP contribution in [-0.2, 0) is 0 Å². The van der Waals surface area contributed by atoms with E-state index in [1.807, 2.05) is 11.9 Å². The van der Waals surface area contributed by atoms with Crippen molar-refractivity contribution < 1.29 is 4.39 Å². The predicted octanol–water partition coefficient (Wildman–Crippen LogP) is 1.66. The van der Waals surface area contributed by atoms with E-state index in [4.69, 9.17) is 0 Å². The average Bonchev–Trinajstić information content (AvgIpc) is 2.25. The molecule has 0 saturated heterocycles. The maximum atomic E-state index is 12.6. The van der Waals surface area contributed by atoms with Crippen LogP contribution in [0.25, 0.3) is 0 Å². The van der Waals surface area contributed by atoms with Gasteiger partial charge < -0.3 is 10.2 Å². The van der Waals surface area contributed by atoms with Crippen LogP contribution >= 0.6 is 0 Å². The Morgan fingerprint density at radius 1 is 1.40 bits per heavy atom. The zero-order valence-corrected chi connectivity index (χ0v) is 9.33. The second-order valence-electron chi connectivity index (χ2n) is 3.51. The molecule has 0 spiro atoms. The Balaban J connectivity index is 2.33. The number of aromatic nitrogens is 1. The lowest BCUT2D eigenvalue weighted by Crippen LogP contribution is -2.29. The lowest BCUT2D eigenvalue weighted by Gasteiger charge is -2.17. The monoisotopic (exact) mass is 211 g/mol. The van der Waals surface area contributed by atoms with E-state index < -0.39 is 0 Å². The topological polar surface area (TPSA) is 28.2 Å². The highest BCUT2D eigenvalue weighted by atomic mass is 19.1. The highest BCUT2D eigenvalue weighted by Crippen LogP contribution is 2.07. The van der Waals surface area contributed by atoms with Gasteiger partial charge in [0.05, 0.1) is 6.20 Å². The van der Waals surface area contributed by atoms with E-state index in [9.17, 15) is 4.39 Å². The first-order valence-corrected chi connectivity index (χ1v) is 5.27. The molecule has 0 aliphatic heterocycles. The van der Waals surface area contributed by atoms with Crippen molar-refractivity contribution in [3.05, 3.63) is 24.1 Å². The third-order valence-corrected chi connectivity index (χ3v) is 2.15. The molecule has 84 valence electrons. The molecular formula is C11H18FN3. The van der Waals surface area contributed by atoms with Crippen molar-refractivity contribution in [1.29, 1.82) is 0 Å². The van der Waals surface area contributed by atoms with Gasteiger partial charge in [0.1, 0.15) is 11.6 Å². The molecule has 1 rings (SSSR count). The first kappa shape index (κ1) is 11.9. The average molecular weight is 211 g/mol. The fourth-order valence-corrected chi connectivity index (χ4v) is 1.26. The van der Waals surface area contributed by atoms with E-state index in [2.05, 4.69) is 17.2 Å². The minimum atomic E-state index is -0.295. The zero-order valence-electron chi connectivity index (χ0n) is 9.33. The Hall–Kier alpha value is -1.16. The molecule has 0 unspecified atom stereocenters. The van der Waals surface area contributed by atoms with Gasteiger partial charge in [0.15, 0.2) is 0 Å². The van der Waals surface area contributed by atoms with E-state index in [0.29, 0.717) is 0 Å².